The van der Waals surface area contributed by atoms with Crippen molar-refractivity contribution in [3.05, 3.63) is 22.7 Å². The largest absolute Gasteiger partial charge is 0.513 e. The molecule has 0 aliphatic rings. The van der Waals surface area contributed by atoms with Crippen LogP contribution in [0.3, 0.4) is 0 Å². The van der Waals surface area contributed by atoms with Gasteiger partial charge in [0, 0.05) is 5.69 Å². The second-order valence-electron chi connectivity index (χ2n) is 8.14. The monoisotopic (exact) mass is 499 g/mol. The lowest BCUT2D eigenvalue weighted by molar-refractivity contribution is 0.0689. The molecule has 0 saturated heterocycles. The number of halogens is 1. The van der Waals surface area contributed by atoms with E-state index in [1.807, 2.05) is 0 Å². The van der Waals surface area contributed by atoms with Crippen LogP contribution in [0, 0.1) is 0 Å². The molecule has 1 aromatic rings. The number of unbranched alkanes of at least 4 members (excludes halogenated alkanes) is 10. The maximum absolute atomic E-state index is 12.0. The normalized spacial score (nSPS) is 10.6. The highest BCUT2D eigenvalue weighted by molar-refractivity contribution is 6.33. The summed E-state index contributed by atoms with van der Waals surface area (Å²) in [6, 6.07) is 2.44. The van der Waals surface area contributed by atoms with Crippen LogP contribution in [0.25, 0.3) is 0 Å². The van der Waals surface area contributed by atoms with E-state index in [0.717, 1.165) is 51.0 Å². The van der Waals surface area contributed by atoms with Gasteiger partial charge in [-0.1, -0.05) is 89.7 Å². The van der Waals surface area contributed by atoms with Gasteiger partial charge in [0.2, 0.25) is 0 Å². The highest BCUT2D eigenvalue weighted by atomic mass is 35.5. The molecule has 0 aromatic heterocycles. The number of rotatable bonds is 17. The Kier molecular flexibility index (Phi) is 15.6. The van der Waals surface area contributed by atoms with Crippen LogP contribution in [-0.4, -0.2) is 36.5 Å². The SMILES string of the molecule is CCCCCCCCOC(=O)Nc1cc(Cl)c(OC(=O)OCCCCCCCC)c(C(=O)O)c1. The number of hydrogen-bond acceptors (Lipinski definition) is 6. The number of carboxylic acids is 1. The molecule has 0 bridgehead atoms. The topological polar surface area (TPSA) is 111 Å². The van der Waals surface area contributed by atoms with Crippen LogP contribution in [0.1, 0.15) is 101 Å². The van der Waals surface area contributed by atoms with Gasteiger partial charge in [-0.05, 0) is 25.0 Å². The first-order chi connectivity index (χ1) is 16.4. The standard InChI is InChI=1S/C25H38ClNO7/c1-3-5-7-9-11-13-15-32-24(30)27-19-17-20(23(28)29)22(21(26)18-19)34-25(31)33-16-14-12-10-8-6-4-2/h17-18H,3-16H2,1-2H3,(H,27,30)(H,28,29). The lowest BCUT2D eigenvalue weighted by Gasteiger charge is -2.13. The summed E-state index contributed by atoms with van der Waals surface area (Å²) < 4.78 is 15.2. The third kappa shape index (κ3) is 12.7. The van der Waals surface area contributed by atoms with Crippen molar-refractivity contribution in [1.82, 2.24) is 0 Å². The number of carboxylic acid groups (broad SMARTS) is 1. The summed E-state index contributed by atoms with van der Waals surface area (Å²) in [7, 11) is 0. The van der Waals surface area contributed by atoms with Crippen molar-refractivity contribution in [2.75, 3.05) is 18.5 Å². The number of anilines is 1. The van der Waals surface area contributed by atoms with Gasteiger partial charge in [0.15, 0.2) is 5.75 Å². The van der Waals surface area contributed by atoms with Crippen LogP contribution in [0.2, 0.25) is 5.02 Å². The summed E-state index contributed by atoms with van der Waals surface area (Å²) in [6.07, 6.45) is 10.8. The van der Waals surface area contributed by atoms with E-state index < -0.39 is 18.2 Å². The van der Waals surface area contributed by atoms with Crippen LogP contribution in [0.15, 0.2) is 12.1 Å². The molecule has 0 heterocycles. The molecule has 0 unspecified atom stereocenters. The Hall–Kier alpha value is -2.48. The molecule has 0 saturated carbocycles. The number of carbonyl (C=O) groups is 3. The highest BCUT2D eigenvalue weighted by Crippen LogP contribution is 2.33. The van der Waals surface area contributed by atoms with Gasteiger partial charge in [0.25, 0.3) is 0 Å². The molecule has 1 rings (SSSR count). The predicted octanol–water partition coefficient (Wildman–Crippen LogP) is 7.82. The molecular formula is C25H38ClNO7. The third-order valence-electron chi connectivity index (χ3n) is 5.15. The average molecular weight is 500 g/mol. The Labute approximate surface area is 207 Å². The Balaban J connectivity index is 2.54. The maximum Gasteiger partial charge on any atom is 0.513 e. The van der Waals surface area contributed by atoms with Crippen LogP contribution < -0.4 is 10.1 Å². The van der Waals surface area contributed by atoms with Crippen LogP contribution in [0.5, 0.6) is 5.75 Å². The lowest BCUT2D eigenvalue weighted by atomic mass is 10.1. The van der Waals surface area contributed by atoms with Gasteiger partial charge in [-0.2, -0.15) is 0 Å². The molecule has 0 aliphatic heterocycles. The van der Waals surface area contributed by atoms with Crippen LogP contribution >= 0.6 is 11.6 Å². The Morgan fingerprint density at radius 2 is 1.35 bits per heavy atom. The van der Waals surface area contributed by atoms with Gasteiger partial charge in [-0.15, -0.1) is 0 Å². The van der Waals surface area contributed by atoms with Crippen LogP contribution in [0.4, 0.5) is 15.3 Å². The first-order valence-corrected chi connectivity index (χ1v) is 12.6. The van der Waals surface area contributed by atoms with Crippen molar-refractivity contribution >= 4 is 35.5 Å². The van der Waals surface area contributed by atoms with E-state index in [0.29, 0.717) is 6.42 Å². The van der Waals surface area contributed by atoms with Gasteiger partial charge in [-0.3, -0.25) is 5.32 Å². The van der Waals surface area contributed by atoms with Crippen molar-refractivity contribution in [2.24, 2.45) is 0 Å². The molecule has 2 N–H and O–H groups in total. The Morgan fingerprint density at radius 3 is 1.91 bits per heavy atom. The molecule has 0 aliphatic carbocycles. The van der Waals surface area contributed by atoms with Crippen molar-refractivity contribution in [2.45, 2.75) is 90.9 Å². The van der Waals surface area contributed by atoms with Gasteiger partial charge < -0.3 is 19.3 Å². The van der Waals surface area contributed by atoms with Crippen molar-refractivity contribution in [3.8, 4) is 5.75 Å². The smallest absolute Gasteiger partial charge is 0.478 e. The average Bonchev–Trinajstić information content (AvgIpc) is 2.79. The maximum atomic E-state index is 12.0. The van der Waals surface area contributed by atoms with Gasteiger partial charge in [0.1, 0.15) is 5.56 Å². The van der Waals surface area contributed by atoms with E-state index in [4.69, 9.17) is 25.8 Å². The van der Waals surface area contributed by atoms with E-state index in [1.165, 1.54) is 31.7 Å². The van der Waals surface area contributed by atoms with Crippen molar-refractivity contribution in [3.63, 3.8) is 0 Å². The number of nitrogens with one attached hydrogen (secondary N) is 1. The molecular weight excluding hydrogens is 462 g/mol. The first kappa shape index (κ1) is 29.6. The quantitative estimate of drug-likeness (QED) is 0.127. The molecule has 34 heavy (non-hydrogen) atoms. The number of carbonyl (C=O) groups excluding carboxylic acids is 2. The summed E-state index contributed by atoms with van der Waals surface area (Å²) in [6.45, 7) is 4.73. The lowest BCUT2D eigenvalue weighted by Crippen LogP contribution is -2.17. The van der Waals surface area contributed by atoms with E-state index >= 15 is 0 Å². The summed E-state index contributed by atoms with van der Waals surface area (Å²) in [5, 5.41) is 11.8. The third-order valence-corrected chi connectivity index (χ3v) is 5.44. The molecule has 1 aromatic carbocycles. The Bertz CT molecular complexity index is 770. The zero-order chi connectivity index (χ0) is 25.2. The van der Waals surface area contributed by atoms with E-state index in [9.17, 15) is 19.5 Å². The number of aromatic carboxylic acids is 1. The van der Waals surface area contributed by atoms with Crippen molar-refractivity contribution in [1.29, 1.82) is 0 Å². The van der Waals surface area contributed by atoms with Gasteiger partial charge >= 0.3 is 18.2 Å². The fraction of sp³-hybridized carbons (Fsp3) is 0.640. The second kappa shape index (κ2) is 17.9. The van der Waals surface area contributed by atoms with E-state index in [2.05, 4.69) is 19.2 Å². The van der Waals surface area contributed by atoms with Gasteiger partial charge in [-0.25, -0.2) is 14.4 Å². The molecule has 0 fully saturated rings. The summed E-state index contributed by atoms with van der Waals surface area (Å²) in [4.78, 5) is 35.6. The summed E-state index contributed by atoms with van der Waals surface area (Å²) >= 11 is 6.14. The molecule has 0 spiro atoms. The summed E-state index contributed by atoms with van der Waals surface area (Å²) in [5.41, 5.74) is -0.265. The number of hydrogen-bond donors (Lipinski definition) is 2. The zero-order valence-electron chi connectivity index (χ0n) is 20.3. The fourth-order valence-corrected chi connectivity index (χ4v) is 3.54. The molecule has 9 heteroatoms. The molecule has 0 radical (unpaired) electrons. The number of ether oxygens (including phenoxy) is 3. The minimum absolute atomic E-state index is 0.114. The molecule has 0 atom stereocenters. The summed E-state index contributed by atoms with van der Waals surface area (Å²) in [5.74, 6) is -1.71. The van der Waals surface area contributed by atoms with E-state index in [1.54, 1.807) is 0 Å². The van der Waals surface area contributed by atoms with E-state index in [-0.39, 0.29) is 35.2 Å². The molecule has 8 nitrogen and oxygen atoms in total. The predicted molar refractivity (Wildman–Crippen MR) is 132 cm³/mol. The minimum Gasteiger partial charge on any atom is -0.478 e. The highest BCUT2D eigenvalue weighted by Gasteiger charge is 2.21. The van der Waals surface area contributed by atoms with Crippen molar-refractivity contribution < 1.29 is 33.7 Å². The van der Waals surface area contributed by atoms with Crippen LogP contribution in [-0.2, 0) is 9.47 Å². The zero-order valence-corrected chi connectivity index (χ0v) is 21.1. The number of benzene rings is 1. The molecule has 192 valence electrons. The fourth-order valence-electron chi connectivity index (χ4n) is 3.28. The Morgan fingerprint density at radius 1 is 0.824 bits per heavy atom. The molecule has 1 amide bonds. The number of amides is 1. The second-order valence-corrected chi connectivity index (χ2v) is 8.54. The minimum atomic E-state index is -1.37. The van der Waals surface area contributed by atoms with Gasteiger partial charge in [0.05, 0.1) is 18.2 Å². The first-order valence-electron chi connectivity index (χ1n) is 12.2.